The number of hydrogen-bond acceptors (Lipinski definition) is 3. The van der Waals surface area contributed by atoms with Crippen molar-refractivity contribution in [1.29, 1.82) is 0 Å². The highest BCUT2D eigenvalue weighted by Crippen LogP contribution is 2.30. The summed E-state index contributed by atoms with van der Waals surface area (Å²) in [4.78, 5) is 27.2. The molecule has 104 valence electrons. The number of amides is 1. The van der Waals surface area contributed by atoms with E-state index in [9.17, 15) is 14.7 Å². The number of aliphatic carboxylic acids is 1. The van der Waals surface area contributed by atoms with Crippen LogP contribution >= 0.6 is 11.6 Å². The van der Waals surface area contributed by atoms with Gasteiger partial charge in [0.15, 0.2) is 0 Å². The second kappa shape index (κ2) is 5.17. The summed E-state index contributed by atoms with van der Waals surface area (Å²) in [7, 11) is 0. The van der Waals surface area contributed by atoms with Crippen molar-refractivity contribution in [3.63, 3.8) is 0 Å². The topological polar surface area (TPSA) is 79.3 Å². The van der Waals surface area contributed by atoms with Crippen LogP contribution in [-0.2, 0) is 4.79 Å². The Kier molecular flexibility index (Phi) is 4.20. The van der Waals surface area contributed by atoms with Crippen molar-refractivity contribution in [1.82, 2.24) is 10.3 Å². The van der Waals surface area contributed by atoms with Gasteiger partial charge in [-0.1, -0.05) is 17.7 Å². The third-order valence-electron chi connectivity index (χ3n) is 3.47. The molecule has 0 bridgehead atoms. The van der Waals surface area contributed by atoms with Gasteiger partial charge in [0, 0.05) is 0 Å². The van der Waals surface area contributed by atoms with Crippen LogP contribution in [0.25, 0.3) is 0 Å². The molecule has 6 heteroatoms. The van der Waals surface area contributed by atoms with Crippen molar-refractivity contribution in [3.8, 4) is 0 Å². The van der Waals surface area contributed by atoms with E-state index in [2.05, 4.69) is 10.3 Å². The van der Waals surface area contributed by atoms with Crippen molar-refractivity contribution in [3.05, 3.63) is 29.0 Å². The molecule has 1 heterocycles. The van der Waals surface area contributed by atoms with Crippen LogP contribution in [-0.4, -0.2) is 27.5 Å². The van der Waals surface area contributed by atoms with Gasteiger partial charge in [0.25, 0.3) is 5.91 Å². The number of nitrogens with zero attached hydrogens (tertiary/aromatic N) is 1. The van der Waals surface area contributed by atoms with Gasteiger partial charge in [0.05, 0.1) is 11.0 Å². The molecular formula is C13H17ClN2O3. The van der Waals surface area contributed by atoms with Crippen LogP contribution < -0.4 is 5.32 Å². The Morgan fingerprint density at radius 3 is 2.32 bits per heavy atom. The highest BCUT2D eigenvalue weighted by Gasteiger charge is 2.44. The molecule has 5 nitrogen and oxygen atoms in total. The van der Waals surface area contributed by atoms with Gasteiger partial charge in [-0.2, -0.15) is 0 Å². The number of carboxylic acids is 1. The van der Waals surface area contributed by atoms with E-state index in [0.29, 0.717) is 0 Å². The second-order valence-electron chi connectivity index (χ2n) is 5.35. The lowest BCUT2D eigenvalue weighted by atomic mass is 9.74. The maximum Gasteiger partial charge on any atom is 0.311 e. The molecule has 0 aliphatic rings. The molecular weight excluding hydrogens is 268 g/mol. The maximum absolute atomic E-state index is 12.1. The summed E-state index contributed by atoms with van der Waals surface area (Å²) in [6.45, 7) is 6.43. The van der Waals surface area contributed by atoms with Gasteiger partial charge in [-0.25, -0.2) is 4.98 Å². The van der Waals surface area contributed by atoms with Crippen molar-refractivity contribution in [2.75, 3.05) is 0 Å². The molecule has 1 amide bonds. The average Bonchev–Trinajstić information content (AvgIpc) is 2.27. The molecule has 0 aliphatic carbocycles. The number of rotatable bonds is 4. The molecule has 0 aromatic carbocycles. The van der Waals surface area contributed by atoms with Gasteiger partial charge in [-0.3, -0.25) is 9.59 Å². The minimum atomic E-state index is -1.12. The number of hydrogen-bond donors (Lipinski definition) is 2. The first-order chi connectivity index (χ1) is 8.58. The van der Waals surface area contributed by atoms with Gasteiger partial charge in [-0.15, -0.1) is 0 Å². The average molecular weight is 285 g/mol. The third-order valence-corrected chi connectivity index (χ3v) is 3.68. The Bertz CT molecular complexity index is 512. The Morgan fingerprint density at radius 1 is 1.26 bits per heavy atom. The minimum Gasteiger partial charge on any atom is -0.481 e. The summed E-state index contributed by atoms with van der Waals surface area (Å²) in [5.41, 5.74) is -1.91. The SMILES string of the molecule is CC(C)(NC(=O)c1cccc(Cl)n1)C(C)(C)C(=O)O. The van der Waals surface area contributed by atoms with E-state index in [4.69, 9.17) is 11.6 Å². The van der Waals surface area contributed by atoms with E-state index < -0.39 is 22.8 Å². The highest BCUT2D eigenvalue weighted by molar-refractivity contribution is 6.29. The Balaban J connectivity index is 2.96. The number of halogens is 1. The van der Waals surface area contributed by atoms with Crippen LogP contribution in [0.5, 0.6) is 0 Å². The Labute approximate surface area is 117 Å². The molecule has 0 radical (unpaired) electrons. The van der Waals surface area contributed by atoms with E-state index in [1.165, 1.54) is 6.07 Å². The molecule has 0 aliphatic heterocycles. The van der Waals surface area contributed by atoms with E-state index in [0.717, 1.165) is 0 Å². The van der Waals surface area contributed by atoms with Gasteiger partial charge < -0.3 is 10.4 Å². The van der Waals surface area contributed by atoms with Crippen molar-refractivity contribution < 1.29 is 14.7 Å². The first-order valence-corrected chi connectivity index (χ1v) is 6.14. The molecule has 19 heavy (non-hydrogen) atoms. The number of nitrogens with one attached hydrogen (secondary N) is 1. The molecule has 0 saturated carbocycles. The lowest BCUT2D eigenvalue weighted by Gasteiger charge is -2.38. The van der Waals surface area contributed by atoms with Crippen LogP contribution in [0.3, 0.4) is 0 Å². The third kappa shape index (κ3) is 3.23. The molecule has 1 aromatic rings. The Morgan fingerprint density at radius 2 is 1.84 bits per heavy atom. The summed E-state index contributed by atoms with van der Waals surface area (Å²) in [5.74, 6) is -1.45. The zero-order valence-electron chi connectivity index (χ0n) is 11.3. The molecule has 0 unspecified atom stereocenters. The molecule has 0 spiro atoms. The van der Waals surface area contributed by atoms with E-state index >= 15 is 0 Å². The van der Waals surface area contributed by atoms with Crippen molar-refractivity contribution in [2.24, 2.45) is 5.41 Å². The van der Waals surface area contributed by atoms with Crippen LogP contribution in [0.15, 0.2) is 18.2 Å². The second-order valence-corrected chi connectivity index (χ2v) is 5.74. The Hall–Kier alpha value is -1.62. The quantitative estimate of drug-likeness (QED) is 0.832. The summed E-state index contributed by atoms with van der Waals surface area (Å²) in [5, 5.41) is 12.1. The molecule has 1 aromatic heterocycles. The molecule has 0 atom stereocenters. The largest absolute Gasteiger partial charge is 0.481 e. The van der Waals surface area contributed by atoms with Crippen molar-refractivity contribution >= 4 is 23.5 Å². The fourth-order valence-electron chi connectivity index (χ4n) is 1.31. The predicted octanol–water partition coefficient (Wildman–Crippen LogP) is 2.35. The monoisotopic (exact) mass is 284 g/mol. The molecule has 1 rings (SSSR count). The van der Waals surface area contributed by atoms with E-state index in [-0.39, 0.29) is 10.8 Å². The number of carbonyl (C=O) groups is 2. The number of aromatic nitrogens is 1. The minimum absolute atomic E-state index is 0.154. The number of pyridine rings is 1. The van der Waals surface area contributed by atoms with E-state index in [1.807, 2.05) is 0 Å². The van der Waals surface area contributed by atoms with Gasteiger partial charge >= 0.3 is 5.97 Å². The van der Waals surface area contributed by atoms with E-state index in [1.54, 1.807) is 39.8 Å². The summed E-state index contributed by atoms with van der Waals surface area (Å²) < 4.78 is 0. The highest BCUT2D eigenvalue weighted by atomic mass is 35.5. The normalized spacial score (nSPS) is 12.1. The molecule has 0 fully saturated rings. The summed E-state index contributed by atoms with van der Waals surface area (Å²) in [6.07, 6.45) is 0. The van der Waals surface area contributed by atoms with Crippen LogP contribution in [0.4, 0.5) is 0 Å². The van der Waals surface area contributed by atoms with Gasteiger partial charge in [-0.05, 0) is 39.8 Å². The maximum atomic E-state index is 12.1. The first kappa shape index (κ1) is 15.4. The van der Waals surface area contributed by atoms with Crippen molar-refractivity contribution in [2.45, 2.75) is 33.2 Å². The predicted molar refractivity (Wildman–Crippen MR) is 72.2 cm³/mol. The summed E-state index contributed by atoms with van der Waals surface area (Å²) >= 11 is 5.72. The standard InChI is InChI=1S/C13H17ClN2O3/c1-12(2,11(18)19)13(3,4)16-10(17)8-6-5-7-9(14)15-8/h5-7H,1-4H3,(H,16,17)(H,18,19). The van der Waals surface area contributed by atoms with Gasteiger partial charge in [0.2, 0.25) is 0 Å². The lowest BCUT2D eigenvalue weighted by molar-refractivity contribution is -0.150. The summed E-state index contributed by atoms with van der Waals surface area (Å²) in [6, 6.07) is 4.69. The van der Waals surface area contributed by atoms with Crippen LogP contribution in [0, 0.1) is 5.41 Å². The molecule has 0 saturated heterocycles. The zero-order valence-corrected chi connectivity index (χ0v) is 12.1. The fourth-order valence-corrected chi connectivity index (χ4v) is 1.47. The first-order valence-electron chi connectivity index (χ1n) is 5.76. The number of carboxylic acid groups (broad SMARTS) is 1. The van der Waals surface area contributed by atoms with Crippen LogP contribution in [0.1, 0.15) is 38.2 Å². The number of carbonyl (C=O) groups excluding carboxylic acids is 1. The molecule has 2 N–H and O–H groups in total. The zero-order chi connectivity index (χ0) is 14.8. The van der Waals surface area contributed by atoms with Crippen LogP contribution in [0.2, 0.25) is 5.15 Å². The lowest BCUT2D eigenvalue weighted by Crippen LogP contribution is -2.57. The fraction of sp³-hybridized carbons (Fsp3) is 0.462. The smallest absolute Gasteiger partial charge is 0.311 e. The van der Waals surface area contributed by atoms with Gasteiger partial charge in [0.1, 0.15) is 10.8 Å².